The molecule has 0 aliphatic heterocycles. The van der Waals surface area contributed by atoms with Gasteiger partial charge in [-0.1, -0.05) is 49.7 Å². The van der Waals surface area contributed by atoms with Crippen LogP contribution in [0.4, 0.5) is 0 Å². The molecular weight excluding hydrogens is 424 g/mol. The number of halogens is 1. The fraction of sp³-hybridized carbons (Fsp3) is 0.462. The van der Waals surface area contributed by atoms with Gasteiger partial charge in [0.25, 0.3) is 5.91 Å². The fourth-order valence-electron chi connectivity index (χ4n) is 3.54. The monoisotopic (exact) mass is 458 g/mol. The Labute approximate surface area is 197 Å². The third-order valence-corrected chi connectivity index (χ3v) is 6.17. The first-order valence-electron chi connectivity index (χ1n) is 11.2. The van der Waals surface area contributed by atoms with Crippen LogP contribution in [0, 0.1) is 20.8 Å². The summed E-state index contributed by atoms with van der Waals surface area (Å²) in [5.41, 5.74) is 3.98. The Morgan fingerprint density at radius 2 is 1.78 bits per heavy atom. The Morgan fingerprint density at radius 3 is 2.41 bits per heavy atom. The van der Waals surface area contributed by atoms with Crippen LogP contribution in [-0.2, 0) is 16.1 Å². The summed E-state index contributed by atoms with van der Waals surface area (Å²) in [4.78, 5) is 27.9. The molecule has 1 N–H and O–H groups in total. The zero-order chi connectivity index (χ0) is 23.8. The Morgan fingerprint density at radius 1 is 1.09 bits per heavy atom. The largest absolute Gasteiger partial charge is 0.483 e. The molecule has 0 aliphatic carbocycles. The highest BCUT2D eigenvalue weighted by atomic mass is 35.5. The number of ether oxygens (including phenoxy) is 1. The van der Waals surface area contributed by atoms with E-state index in [1.807, 2.05) is 65.8 Å². The first-order chi connectivity index (χ1) is 15.2. The van der Waals surface area contributed by atoms with E-state index in [0.717, 1.165) is 28.7 Å². The molecule has 0 heterocycles. The summed E-state index contributed by atoms with van der Waals surface area (Å²) in [5.74, 6) is 0.269. The lowest BCUT2D eigenvalue weighted by Crippen LogP contribution is -2.51. The third kappa shape index (κ3) is 6.73. The van der Waals surface area contributed by atoms with Crippen molar-refractivity contribution in [3.63, 3.8) is 0 Å². The highest BCUT2D eigenvalue weighted by molar-refractivity contribution is 6.31. The van der Waals surface area contributed by atoms with Crippen molar-refractivity contribution in [1.82, 2.24) is 10.2 Å². The fourth-order valence-corrected chi connectivity index (χ4v) is 3.74. The SMILES string of the molecule is CC[C@@H](C)NC(=O)[C@H](CC)N(Cc1ccccc1Cl)C(=O)COc1cc(C)cc(C)c1C. The maximum absolute atomic E-state index is 13.4. The van der Waals surface area contributed by atoms with Crippen molar-refractivity contribution in [3.05, 3.63) is 63.7 Å². The molecule has 0 aliphatic rings. The molecule has 0 aromatic heterocycles. The predicted molar refractivity (Wildman–Crippen MR) is 130 cm³/mol. The van der Waals surface area contributed by atoms with Crippen LogP contribution in [0.15, 0.2) is 36.4 Å². The van der Waals surface area contributed by atoms with Crippen LogP contribution in [0.3, 0.4) is 0 Å². The molecule has 2 rings (SSSR count). The molecule has 0 saturated heterocycles. The van der Waals surface area contributed by atoms with Crippen molar-refractivity contribution in [1.29, 1.82) is 0 Å². The number of amides is 2. The van der Waals surface area contributed by atoms with Gasteiger partial charge in [-0.05, 0) is 74.9 Å². The van der Waals surface area contributed by atoms with Crippen molar-refractivity contribution in [2.45, 2.75) is 73.0 Å². The third-order valence-electron chi connectivity index (χ3n) is 5.80. The summed E-state index contributed by atoms with van der Waals surface area (Å²) in [6.07, 6.45) is 1.30. The Balaban J connectivity index is 2.29. The quantitative estimate of drug-likeness (QED) is 0.521. The molecule has 2 aromatic carbocycles. The number of hydrogen-bond donors (Lipinski definition) is 1. The lowest BCUT2D eigenvalue weighted by atomic mass is 10.1. The lowest BCUT2D eigenvalue weighted by molar-refractivity contribution is -0.143. The van der Waals surface area contributed by atoms with Crippen molar-refractivity contribution < 1.29 is 14.3 Å². The molecule has 0 bridgehead atoms. The highest BCUT2D eigenvalue weighted by Crippen LogP contribution is 2.24. The molecule has 2 atom stereocenters. The van der Waals surface area contributed by atoms with Gasteiger partial charge in [0.05, 0.1) is 0 Å². The van der Waals surface area contributed by atoms with Crippen LogP contribution in [0.1, 0.15) is 55.9 Å². The minimum atomic E-state index is -0.614. The van der Waals surface area contributed by atoms with E-state index in [2.05, 4.69) is 11.4 Å². The molecule has 6 heteroatoms. The normalized spacial score (nSPS) is 12.7. The summed E-state index contributed by atoms with van der Waals surface area (Å²) < 4.78 is 5.93. The maximum Gasteiger partial charge on any atom is 0.261 e. The van der Waals surface area contributed by atoms with Crippen molar-refractivity contribution in [3.8, 4) is 5.75 Å². The van der Waals surface area contributed by atoms with Crippen LogP contribution in [0.2, 0.25) is 5.02 Å². The molecule has 0 unspecified atom stereocenters. The molecule has 0 spiro atoms. The van der Waals surface area contributed by atoms with E-state index in [9.17, 15) is 9.59 Å². The van der Waals surface area contributed by atoms with Gasteiger partial charge in [-0.2, -0.15) is 0 Å². The van der Waals surface area contributed by atoms with Gasteiger partial charge in [0.1, 0.15) is 11.8 Å². The molecule has 0 radical (unpaired) electrons. The smallest absolute Gasteiger partial charge is 0.261 e. The number of hydrogen-bond acceptors (Lipinski definition) is 3. The number of nitrogens with zero attached hydrogens (tertiary/aromatic N) is 1. The van der Waals surface area contributed by atoms with Gasteiger partial charge in [0.2, 0.25) is 5.91 Å². The average molecular weight is 459 g/mol. The zero-order valence-corrected chi connectivity index (χ0v) is 20.8. The first-order valence-corrected chi connectivity index (χ1v) is 11.6. The van der Waals surface area contributed by atoms with E-state index >= 15 is 0 Å². The van der Waals surface area contributed by atoms with Crippen LogP contribution in [0.25, 0.3) is 0 Å². The summed E-state index contributed by atoms with van der Waals surface area (Å²) in [5, 5.41) is 3.57. The van der Waals surface area contributed by atoms with E-state index < -0.39 is 6.04 Å². The van der Waals surface area contributed by atoms with Gasteiger partial charge < -0.3 is 15.0 Å². The Bertz CT molecular complexity index is 945. The second-order valence-electron chi connectivity index (χ2n) is 8.35. The first kappa shape index (κ1) is 25.7. The van der Waals surface area contributed by atoms with Crippen molar-refractivity contribution >= 4 is 23.4 Å². The summed E-state index contributed by atoms with van der Waals surface area (Å²) >= 11 is 6.37. The molecule has 2 amide bonds. The van der Waals surface area contributed by atoms with E-state index in [-0.39, 0.29) is 31.0 Å². The number of carbonyl (C=O) groups is 2. The van der Waals surface area contributed by atoms with Gasteiger partial charge in [-0.25, -0.2) is 0 Å². The number of aryl methyl sites for hydroxylation is 2. The second-order valence-corrected chi connectivity index (χ2v) is 8.76. The van der Waals surface area contributed by atoms with Crippen LogP contribution in [0.5, 0.6) is 5.75 Å². The topological polar surface area (TPSA) is 58.6 Å². The van der Waals surface area contributed by atoms with E-state index in [1.165, 1.54) is 0 Å². The number of benzene rings is 2. The molecular formula is C26H35ClN2O3. The van der Waals surface area contributed by atoms with E-state index in [0.29, 0.717) is 17.2 Å². The zero-order valence-electron chi connectivity index (χ0n) is 20.0. The number of rotatable bonds is 10. The second kappa shape index (κ2) is 11.9. The van der Waals surface area contributed by atoms with Gasteiger partial charge >= 0.3 is 0 Å². The molecule has 5 nitrogen and oxygen atoms in total. The number of nitrogens with one attached hydrogen (secondary N) is 1. The highest BCUT2D eigenvalue weighted by Gasteiger charge is 2.30. The number of carbonyl (C=O) groups excluding carboxylic acids is 2. The van der Waals surface area contributed by atoms with E-state index in [1.54, 1.807) is 11.0 Å². The molecule has 0 fully saturated rings. The van der Waals surface area contributed by atoms with E-state index in [4.69, 9.17) is 16.3 Å². The minimum Gasteiger partial charge on any atom is -0.483 e. The Kier molecular flexibility index (Phi) is 9.58. The van der Waals surface area contributed by atoms with Crippen LogP contribution < -0.4 is 10.1 Å². The van der Waals surface area contributed by atoms with Gasteiger partial charge in [0.15, 0.2) is 6.61 Å². The van der Waals surface area contributed by atoms with Crippen LogP contribution in [-0.4, -0.2) is 35.4 Å². The maximum atomic E-state index is 13.4. The molecule has 32 heavy (non-hydrogen) atoms. The molecule has 0 saturated carbocycles. The molecule has 174 valence electrons. The molecule has 2 aromatic rings. The standard InChI is InChI=1S/C26H35ClN2O3/c1-7-19(5)28-26(31)23(8-2)29(15-21-11-9-10-12-22(21)27)25(30)16-32-24-14-17(3)13-18(4)20(24)6/h9-14,19,23H,7-8,15-16H2,1-6H3,(H,28,31)/t19-,23+/m1/s1. The predicted octanol–water partition coefficient (Wildman–Crippen LogP) is 5.37. The van der Waals surface area contributed by atoms with Crippen molar-refractivity contribution in [2.75, 3.05) is 6.61 Å². The lowest BCUT2D eigenvalue weighted by Gasteiger charge is -2.31. The summed E-state index contributed by atoms with van der Waals surface area (Å²) in [6.45, 7) is 12.0. The minimum absolute atomic E-state index is 0.0305. The van der Waals surface area contributed by atoms with Gasteiger partial charge in [-0.15, -0.1) is 0 Å². The van der Waals surface area contributed by atoms with Crippen molar-refractivity contribution in [2.24, 2.45) is 0 Å². The van der Waals surface area contributed by atoms with Gasteiger partial charge in [-0.3, -0.25) is 9.59 Å². The summed E-state index contributed by atoms with van der Waals surface area (Å²) in [7, 11) is 0. The summed E-state index contributed by atoms with van der Waals surface area (Å²) in [6, 6.07) is 10.8. The Hall–Kier alpha value is -2.53. The van der Waals surface area contributed by atoms with Gasteiger partial charge in [0, 0.05) is 17.6 Å². The van der Waals surface area contributed by atoms with Crippen LogP contribution >= 0.6 is 11.6 Å². The average Bonchev–Trinajstić information content (AvgIpc) is 2.75.